The van der Waals surface area contributed by atoms with Crippen LogP contribution in [-0.4, -0.2) is 5.91 Å². The maximum absolute atomic E-state index is 12.2. The molecule has 0 fully saturated rings. The zero-order valence-electron chi connectivity index (χ0n) is 12.8. The lowest BCUT2D eigenvalue weighted by atomic mass is 10.1. The highest BCUT2D eigenvalue weighted by Gasteiger charge is 2.12. The van der Waals surface area contributed by atoms with Gasteiger partial charge in [-0.2, -0.15) is 5.26 Å². The smallest absolute Gasteiger partial charge is 0.256 e. The Bertz CT molecular complexity index is 774. The fraction of sp³-hybridized carbons (Fsp3) is 0.111. The van der Waals surface area contributed by atoms with Crippen molar-refractivity contribution in [3.8, 4) is 6.07 Å². The highest BCUT2D eigenvalue weighted by molar-refractivity contribution is 8.04. The van der Waals surface area contributed by atoms with Crippen LogP contribution in [-0.2, 0) is 0 Å². The Morgan fingerprint density at radius 2 is 1.57 bits per heavy atom. The maximum atomic E-state index is 12.2. The van der Waals surface area contributed by atoms with Gasteiger partial charge in [-0.1, -0.05) is 58.8 Å². The summed E-state index contributed by atoms with van der Waals surface area (Å²) in [4.78, 5) is 13.1. The predicted molar refractivity (Wildman–Crippen MR) is 94.2 cm³/mol. The second-order valence-corrected chi connectivity index (χ2v) is 6.68. The number of benzene rings is 2. The molecule has 0 saturated carbocycles. The van der Waals surface area contributed by atoms with Crippen molar-refractivity contribution in [2.24, 2.45) is 0 Å². The molecule has 116 valence electrons. The summed E-state index contributed by atoms with van der Waals surface area (Å²) in [6, 6.07) is 16.8. The Hall–Kier alpha value is -2.22. The molecule has 0 aliphatic heterocycles. The number of amides is 1. The van der Waals surface area contributed by atoms with E-state index in [4.69, 9.17) is 11.6 Å². The largest absolute Gasteiger partial charge is 0.311 e. The first-order valence-electron chi connectivity index (χ1n) is 6.92. The van der Waals surface area contributed by atoms with E-state index < -0.39 is 0 Å². The number of carbonyl (C=O) groups is 1. The third-order valence-electron chi connectivity index (χ3n) is 3.09. The highest BCUT2D eigenvalue weighted by atomic mass is 35.5. The van der Waals surface area contributed by atoms with E-state index in [1.807, 2.05) is 56.3 Å². The summed E-state index contributed by atoms with van der Waals surface area (Å²) in [5.41, 5.74) is 2.73. The summed E-state index contributed by atoms with van der Waals surface area (Å²) in [5, 5.41) is 11.8. The van der Waals surface area contributed by atoms with Gasteiger partial charge in [-0.15, -0.1) is 0 Å². The van der Waals surface area contributed by atoms with Crippen molar-refractivity contribution in [3.05, 3.63) is 75.3 Å². The molecule has 1 N–H and O–H groups in total. The van der Waals surface area contributed by atoms with E-state index in [2.05, 4.69) is 5.32 Å². The lowest BCUT2D eigenvalue weighted by molar-refractivity contribution is 0.0967. The Morgan fingerprint density at radius 1 is 1.04 bits per heavy atom. The molecule has 2 aromatic carbocycles. The number of hydrogen-bond acceptors (Lipinski definition) is 3. The Kier molecular flexibility index (Phi) is 5.86. The summed E-state index contributed by atoms with van der Waals surface area (Å²) in [5.74, 6) is -0.357. The Balaban J connectivity index is 2.14. The normalized spacial score (nSPS) is 11.4. The van der Waals surface area contributed by atoms with Crippen molar-refractivity contribution in [2.45, 2.75) is 18.7 Å². The number of hydrogen-bond donors (Lipinski definition) is 1. The quantitative estimate of drug-likeness (QED) is 0.644. The van der Waals surface area contributed by atoms with Crippen molar-refractivity contribution in [1.82, 2.24) is 5.32 Å². The molecule has 0 spiro atoms. The summed E-state index contributed by atoms with van der Waals surface area (Å²) in [7, 11) is 0. The van der Waals surface area contributed by atoms with Crippen molar-refractivity contribution in [2.75, 3.05) is 0 Å². The second-order valence-electron chi connectivity index (χ2n) is 5.00. The third kappa shape index (κ3) is 4.88. The van der Waals surface area contributed by atoms with E-state index in [9.17, 15) is 10.1 Å². The van der Waals surface area contributed by atoms with Crippen LogP contribution in [0.3, 0.4) is 0 Å². The first-order chi connectivity index (χ1) is 11.0. The summed E-state index contributed by atoms with van der Waals surface area (Å²) in [6.45, 7) is 3.94. The van der Waals surface area contributed by atoms with Crippen LogP contribution in [0.1, 0.15) is 21.5 Å². The molecule has 2 aromatic rings. The standard InChI is InChI=1S/C18H15ClN2OS/c1-12-3-7-14(8-4-12)18(22)21-16(11-20)17(19)23-15-9-5-13(2)6-10-15/h3-10H,1-2H3,(H,21,22)/b17-16-. The topological polar surface area (TPSA) is 52.9 Å². The second kappa shape index (κ2) is 7.87. The molecule has 0 radical (unpaired) electrons. The van der Waals surface area contributed by atoms with E-state index >= 15 is 0 Å². The van der Waals surface area contributed by atoms with Gasteiger partial charge in [0.15, 0.2) is 0 Å². The number of allylic oxidation sites excluding steroid dienone is 1. The molecule has 3 nitrogen and oxygen atoms in total. The number of nitriles is 1. The van der Waals surface area contributed by atoms with Crippen LogP contribution < -0.4 is 5.32 Å². The van der Waals surface area contributed by atoms with Gasteiger partial charge in [0, 0.05) is 10.5 Å². The van der Waals surface area contributed by atoms with Crippen molar-refractivity contribution in [1.29, 1.82) is 5.26 Å². The van der Waals surface area contributed by atoms with Gasteiger partial charge in [0.25, 0.3) is 5.91 Å². The SMILES string of the molecule is Cc1ccc(S/C(Cl)=C(/C#N)NC(=O)c2ccc(C)cc2)cc1. The summed E-state index contributed by atoms with van der Waals surface area (Å²) in [6.07, 6.45) is 0. The van der Waals surface area contributed by atoms with Gasteiger partial charge < -0.3 is 5.32 Å². The van der Waals surface area contributed by atoms with Crippen LogP contribution >= 0.6 is 23.4 Å². The molecule has 0 bridgehead atoms. The van der Waals surface area contributed by atoms with Crippen LogP contribution in [0.4, 0.5) is 0 Å². The van der Waals surface area contributed by atoms with Crippen molar-refractivity contribution < 1.29 is 4.79 Å². The van der Waals surface area contributed by atoms with Gasteiger partial charge in [-0.3, -0.25) is 4.79 Å². The van der Waals surface area contributed by atoms with Crippen LogP contribution in [0.15, 0.2) is 63.5 Å². The molecule has 0 unspecified atom stereocenters. The number of thioether (sulfide) groups is 1. The number of carbonyl (C=O) groups excluding carboxylic acids is 1. The van der Waals surface area contributed by atoms with Crippen LogP contribution in [0.25, 0.3) is 0 Å². The molecule has 0 aromatic heterocycles. The first-order valence-corrected chi connectivity index (χ1v) is 8.11. The van der Waals surface area contributed by atoms with Gasteiger partial charge in [-0.25, -0.2) is 0 Å². The van der Waals surface area contributed by atoms with Gasteiger partial charge in [0.05, 0.1) is 0 Å². The molecule has 2 rings (SSSR count). The lowest BCUT2D eigenvalue weighted by Crippen LogP contribution is -2.22. The third-order valence-corrected chi connectivity index (χ3v) is 4.40. The summed E-state index contributed by atoms with van der Waals surface area (Å²) < 4.78 is 0.233. The molecular formula is C18H15ClN2OS. The molecule has 0 aliphatic rings. The number of aryl methyl sites for hydroxylation is 2. The lowest BCUT2D eigenvalue weighted by Gasteiger charge is -2.07. The molecule has 5 heteroatoms. The Morgan fingerprint density at radius 3 is 2.09 bits per heavy atom. The van der Waals surface area contributed by atoms with Gasteiger partial charge in [-0.05, 0) is 38.1 Å². The molecule has 1 amide bonds. The number of nitrogens with zero attached hydrogens (tertiary/aromatic N) is 1. The monoisotopic (exact) mass is 342 g/mol. The first kappa shape index (κ1) is 17.1. The maximum Gasteiger partial charge on any atom is 0.256 e. The minimum absolute atomic E-state index is 0.0443. The highest BCUT2D eigenvalue weighted by Crippen LogP contribution is 2.31. The minimum Gasteiger partial charge on any atom is -0.311 e. The van der Waals surface area contributed by atoms with Crippen molar-refractivity contribution >= 4 is 29.3 Å². The van der Waals surface area contributed by atoms with Crippen LogP contribution in [0.5, 0.6) is 0 Å². The van der Waals surface area contributed by atoms with E-state index in [1.54, 1.807) is 12.1 Å². The Labute approximate surface area is 145 Å². The fourth-order valence-corrected chi connectivity index (χ4v) is 2.81. The van der Waals surface area contributed by atoms with E-state index in [0.717, 1.165) is 16.0 Å². The fourth-order valence-electron chi connectivity index (χ4n) is 1.77. The van der Waals surface area contributed by atoms with Gasteiger partial charge in [0.2, 0.25) is 0 Å². The van der Waals surface area contributed by atoms with Crippen molar-refractivity contribution in [3.63, 3.8) is 0 Å². The van der Waals surface area contributed by atoms with Crippen LogP contribution in [0, 0.1) is 25.2 Å². The van der Waals surface area contributed by atoms with Gasteiger partial charge >= 0.3 is 0 Å². The number of halogens is 1. The van der Waals surface area contributed by atoms with E-state index in [1.165, 1.54) is 11.8 Å². The van der Waals surface area contributed by atoms with Crippen LogP contribution in [0.2, 0.25) is 0 Å². The average molecular weight is 343 g/mol. The molecule has 0 saturated heterocycles. The molecular weight excluding hydrogens is 328 g/mol. The molecule has 23 heavy (non-hydrogen) atoms. The molecule has 0 atom stereocenters. The predicted octanol–water partition coefficient (Wildman–Crippen LogP) is 4.76. The zero-order chi connectivity index (χ0) is 16.8. The number of rotatable bonds is 4. The average Bonchev–Trinajstić information content (AvgIpc) is 2.55. The zero-order valence-corrected chi connectivity index (χ0v) is 14.3. The molecule has 0 aliphatic carbocycles. The van der Waals surface area contributed by atoms with E-state index in [0.29, 0.717) is 5.56 Å². The summed E-state index contributed by atoms with van der Waals surface area (Å²) >= 11 is 7.42. The molecule has 0 heterocycles. The van der Waals surface area contributed by atoms with Gasteiger partial charge in [0.1, 0.15) is 16.1 Å². The number of nitrogens with one attached hydrogen (secondary N) is 1. The minimum atomic E-state index is -0.357. The van der Waals surface area contributed by atoms with E-state index in [-0.39, 0.29) is 16.0 Å².